The van der Waals surface area contributed by atoms with Crippen LogP contribution in [-0.2, 0) is 29.0 Å². The van der Waals surface area contributed by atoms with Gasteiger partial charge in [-0.2, -0.15) is 5.10 Å². The van der Waals surface area contributed by atoms with E-state index in [1.54, 1.807) is 21.1 Å². The van der Waals surface area contributed by atoms with Gasteiger partial charge >= 0.3 is 0 Å². The summed E-state index contributed by atoms with van der Waals surface area (Å²) in [5.74, 6) is 0.939. The topological polar surface area (TPSA) is 67.7 Å². The van der Waals surface area contributed by atoms with Crippen molar-refractivity contribution < 1.29 is 18.7 Å². The van der Waals surface area contributed by atoms with E-state index < -0.39 is 0 Å². The molecule has 2 aliphatic heterocycles. The molecule has 0 spiro atoms. The van der Waals surface area contributed by atoms with Crippen molar-refractivity contribution in [2.45, 2.75) is 45.6 Å². The van der Waals surface area contributed by atoms with E-state index in [1.807, 2.05) is 46.1 Å². The molecular weight excluding hydrogens is 471 g/mol. The molecule has 2 amide bonds. The number of likely N-dealkylation sites (tertiary alicyclic amines) is 1. The number of carbonyl (C=O) groups excluding carboxylic acids is 2. The van der Waals surface area contributed by atoms with Gasteiger partial charge in [-0.1, -0.05) is 12.1 Å². The normalized spacial score (nSPS) is 16.2. The van der Waals surface area contributed by atoms with Crippen LogP contribution in [0.15, 0.2) is 42.6 Å². The third-order valence-electron chi connectivity index (χ3n) is 7.68. The van der Waals surface area contributed by atoms with E-state index in [9.17, 15) is 9.59 Å². The Hall–Kier alpha value is -3.68. The van der Waals surface area contributed by atoms with Crippen LogP contribution in [-0.4, -0.2) is 53.7 Å². The van der Waals surface area contributed by atoms with Crippen molar-refractivity contribution in [2.75, 3.05) is 32.1 Å². The van der Waals surface area contributed by atoms with Crippen LogP contribution in [0.1, 0.15) is 42.9 Å². The number of aromatic nitrogens is 2. The highest BCUT2D eigenvalue weighted by molar-refractivity contribution is 5.96. The highest BCUT2D eigenvalue weighted by Crippen LogP contribution is 2.36. The Labute approximate surface area is 216 Å². The lowest BCUT2D eigenvalue weighted by molar-refractivity contribution is -0.130. The van der Waals surface area contributed by atoms with E-state index in [-0.39, 0.29) is 17.6 Å². The van der Waals surface area contributed by atoms with Crippen LogP contribution in [0.2, 0.25) is 0 Å². The lowest BCUT2D eigenvalue weighted by Crippen LogP contribution is -2.37. The summed E-state index contributed by atoms with van der Waals surface area (Å²) in [7, 11) is 3.34. The molecule has 2 aromatic carbocycles. The lowest BCUT2D eigenvalue weighted by Gasteiger charge is -2.31. The molecule has 3 aromatic rings. The fourth-order valence-electron chi connectivity index (χ4n) is 5.45. The van der Waals surface area contributed by atoms with E-state index in [4.69, 9.17) is 9.84 Å². The minimum Gasteiger partial charge on any atom is -0.497 e. The van der Waals surface area contributed by atoms with Gasteiger partial charge in [0.15, 0.2) is 0 Å². The van der Waals surface area contributed by atoms with Crippen LogP contribution in [0.25, 0.3) is 11.3 Å². The number of benzene rings is 2. The fourth-order valence-corrected chi connectivity index (χ4v) is 5.45. The number of piperidine rings is 1. The van der Waals surface area contributed by atoms with Crippen LogP contribution >= 0.6 is 0 Å². The van der Waals surface area contributed by atoms with Crippen molar-refractivity contribution in [3.8, 4) is 17.0 Å². The molecule has 0 bridgehead atoms. The van der Waals surface area contributed by atoms with Crippen LogP contribution in [0.4, 0.5) is 10.1 Å². The minimum atomic E-state index is -0.373. The Morgan fingerprint density at radius 1 is 1.14 bits per heavy atom. The zero-order valence-corrected chi connectivity index (χ0v) is 21.7. The molecule has 7 nitrogen and oxygen atoms in total. The smallest absolute Gasteiger partial charge is 0.227 e. The van der Waals surface area contributed by atoms with E-state index in [2.05, 4.69) is 0 Å². The van der Waals surface area contributed by atoms with Gasteiger partial charge in [-0.3, -0.25) is 14.3 Å². The predicted octanol–water partition coefficient (Wildman–Crippen LogP) is 4.46. The van der Waals surface area contributed by atoms with Gasteiger partial charge in [0.2, 0.25) is 11.8 Å². The standard InChI is InChI=1S/C29H33FN4O3/c1-19(35)33-12-10-20(11-13-33)14-23-18-34(17-21-4-7-24(37-3)8-5-21)31-29(23)25-15-22-6-9-28(36)32(2)27(22)16-26(25)30/h4-5,7-8,15-16,18,20H,6,9-14,17H2,1-3H3. The number of amides is 2. The quantitative estimate of drug-likeness (QED) is 0.497. The van der Waals surface area contributed by atoms with Crippen LogP contribution in [0.5, 0.6) is 5.75 Å². The molecule has 0 radical (unpaired) electrons. The lowest BCUT2D eigenvalue weighted by atomic mass is 9.88. The molecule has 37 heavy (non-hydrogen) atoms. The number of rotatable bonds is 6. The van der Waals surface area contributed by atoms with Crippen molar-refractivity contribution >= 4 is 17.5 Å². The van der Waals surface area contributed by atoms with E-state index in [0.29, 0.717) is 42.2 Å². The first-order valence-electron chi connectivity index (χ1n) is 12.9. The van der Waals surface area contributed by atoms with Gasteiger partial charge in [0.1, 0.15) is 11.6 Å². The van der Waals surface area contributed by atoms with Crippen LogP contribution in [0, 0.1) is 11.7 Å². The monoisotopic (exact) mass is 504 g/mol. The molecule has 3 heterocycles. The first-order chi connectivity index (χ1) is 17.8. The zero-order valence-electron chi connectivity index (χ0n) is 21.7. The van der Waals surface area contributed by atoms with Gasteiger partial charge in [0.25, 0.3) is 0 Å². The highest BCUT2D eigenvalue weighted by atomic mass is 19.1. The average molecular weight is 505 g/mol. The first kappa shape index (κ1) is 25.0. The Morgan fingerprint density at radius 2 is 1.86 bits per heavy atom. The summed E-state index contributed by atoms with van der Waals surface area (Å²) in [5.41, 5.74) is 4.81. The first-order valence-corrected chi connectivity index (χ1v) is 12.9. The Morgan fingerprint density at radius 3 is 2.54 bits per heavy atom. The summed E-state index contributed by atoms with van der Waals surface area (Å²) in [6.07, 6.45) is 5.66. The number of halogens is 1. The number of aryl methyl sites for hydroxylation is 1. The third kappa shape index (κ3) is 5.24. The summed E-state index contributed by atoms with van der Waals surface area (Å²) in [4.78, 5) is 27.3. The summed E-state index contributed by atoms with van der Waals surface area (Å²) in [6, 6.07) is 11.2. The average Bonchev–Trinajstić information content (AvgIpc) is 3.28. The zero-order chi connectivity index (χ0) is 26.1. The van der Waals surface area contributed by atoms with Gasteiger partial charge in [-0.25, -0.2) is 4.39 Å². The molecule has 0 unspecified atom stereocenters. The summed E-state index contributed by atoms with van der Waals surface area (Å²) >= 11 is 0. The molecule has 0 N–H and O–H groups in total. The second-order valence-electron chi connectivity index (χ2n) is 10.1. The fraction of sp³-hybridized carbons (Fsp3) is 0.414. The maximum absolute atomic E-state index is 15.5. The van der Waals surface area contributed by atoms with Gasteiger partial charge in [0.05, 0.1) is 19.3 Å². The number of anilines is 1. The second kappa shape index (κ2) is 10.4. The molecule has 194 valence electrons. The molecule has 2 aliphatic rings. The number of ether oxygens (including phenoxy) is 1. The van der Waals surface area contributed by atoms with E-state index in [1.165, 1.54) is 11.0 Å². The number of hydrogen-bond donors (Lipinski definition) is 0. The van der Waals surface area contributed by atoms with Gasteiger partial charge < -0.3 is 14.5 Å². The second-order valence-corrected chi connectivity index (χ2v) is 10.1. The van der Waals surface area contributed by atoms with Crippen molar-refractivity contribution in [2.24, 2.45) is 5.92 Å². The van der Waals surface area contributed by atoms with E-state index >= 15 is 4.39 Å². The third-order valence-corrected chi connectivity index (χ3v) is 7.68. The largest absolute Gasteiger partial charge is 0.497 e. The van der Waals surface area contributed by atoms with Crippen LogP contribution in [0.3, 0.4) is 0 Å². The maximum Gasteiger partial charge on any atom is 0.227 e. The molecule has 1 fully saturated rings. The predicted molar refractivity (Wildman–Crippen MR) is 140 cm³/mol. The van der Waals surface area contributed by atoms with Crippen LogP contribution < -0.4 is 9.64 Å². The maximum atomic E-state index is 15.5. The van der Waals surface area contributed by atoms with Gasteiger partial charge in [-0.05, 0) is 72.6 Å². The number of methoxy groups -OCH3 is 1. The van der Waals surface area contributed by atoms with Crippen molar-refractivity contribution in [1.82, 2.24) is 14.7 Å². The molecule has 5 rings (SSSR count). The molecule has 1 saturated heterocycles. The SMILES string of the molecule is COc1ccc(Cn2cc(CC3CCN(C(C)=O)CC3)c(-c3cc4c(cc3F)N(C)C(=O)CC4)n2)cc1. The van der Waals surface area contributed by atoms with Crippen molar-refractivity contribution in [3.05, 3.63) is 65.1 Å². The number of fused-ring (bicyclic) bond motifs is 1. The summed E-state index contributed by atoms with van der Waals surface area (Å²) in [6.45, 7) is 3.68. The van der Waals surface area contributed by atoms with Gasteiger partial charge in [-0.15, -0.1) is 0 Å². The Kier molecular flexibility index (Phi) is 7.00. The Balaban J connectivity index is 1.47. The van der Waals surface area contributed by atoms with E-state index in [0.717, 1.165) is 54.8 Å². The number of nitrogens with zero attached hydrogens (tertiary/aromatic N) is 4. The number of hydrogen-bond acceptors (Lipinski definition) is 4. The Bertz CT molecular complexity index is 1310. The van der Waals surface area contributed by atoms with Crippen molar-refractivity contribution in [3.63, 3.8) is 0 Å². The summed E-state index contributed by atoms with van der Waals surface area (Å²) < 4.78 is 22.7. The highest BCUT2D eigenvalue weighted by Gasteiger charge is 2.27. The minimum absolute atomic E-state index is 0.000937. The number of carbonyl (C=O) groups is 2. The van der Waals surface area contributed by atoms with Crippen molar-refractivity contribution in [1.29, 1.82) is 0 Å². The molecular formula is C29H33FN4O3. The molecule has 8 heteroatoms. The molecule has 0 saturated carbocycles. The summed E-state index contributed by atoms with van der Waals surface area (Å²) in [5, 5.41) is 4.87. The molecule has 1 aromatic heterocycles. The molecule has 0 atom stereocenters. The molecule has 0 aliphatic carbocycles. The van der Waals surface area contributed by atoms with Gasteiger partial charge in [0, 0.05) is 50.9 Å².